The SMILES string of the molecule is O=S(=O)(O)OC[C@H]1O[C@H](CO)[C@@H](O)[C@@H]1O[C@@H]1O[C@H](CO)[C@H](O)[C@H](O)[C@H]1O. The van der Waals surface area contributed by atoms with Crippen LogP contribution in [0.2, 0.25) is 0 Å². The summed E-state index contributed by atoms with van der Waals surface area (Å²) in [5.41, 5.74) is 0. The molecule has 14 heteroatoms. The first-order valence-corrected chi connectivity index (χ1v) is 8.97. The largest absolute Gasteiger partial charge is 0.397 e. The Bertz CT molecular complexity index is 553. The van der Waals surface area contributed by atoms with Crippen molar-refractivity contribution >= 4 is 10.4 Å². The van der Waals surface area contributed by atoms with Crippen molar-refractivity contribution in [3.63, 3.8) is 0 Å². The summed E-state index contributed by atoms with van der Waals surface area (Å²) < 4.78 is 49.9. The number of hydrogen-bond donors (Lipinski definition) is 7. The van der Waals surface area contributed by atoms with Gasteiger partial charge in [0.15, 0.2) is 6.29 Å². The van der Waals surface area contributed by atoms with E-state index in [1.807, 2.05) is 0 Å². The summed E-state index contributed by atoms with van der Waals surface area (Å²) >= 11 is 0. The van der Waals surface area contributed by atoms with Crippen LogP contribution in [-0.4, -0.2) is 119 Å². The van der Waals surface area contributed by atoms with E-state index < -0.39 is 85.3 Å². The number of aliphatic hydroxyl groups is 6. The summed E-state index contributed by atoms with van der Waals surface area (Å²) in [6.07, 6.45) is -13.4. The molecule has 2 aliphatic rings. The van der Waals surface area contributed by atoms with Gasteiger partial charge in [0.2, 0.25) is 0 Å². The lowest BCUT2D eigenvalue weighted by Crippen LogP contribution is -2.60. The topological polar surface area (TPSA) is 213 Å². The van der Waals surface area contributed by atoms with Crippen LogP contribution in [0.25, 0.3) is 0 Å². The predicted octanol–water partition coefficient (Wildman–Crippen LogP) is -4.89. The summed E-state index contributed by atoms with van der Waals surface area (Å²) in [4.78, 5) is 0. The first kappa shape index (κ1) is 21.8. The van der Waals surface area contributed by atoms with Crippen molar-refractivity contribution in [1.82, 2.24) is 0 Å². The minimum Gasteiger partial charge on any atom is -0.394 e. The number of aliphatic hydroxyl groups excluding tert-OH is 6. The van der Waals surface area contributed by atoms with Crippen molar-refractivity contribution in [3.05, 3.63) is 0 Å². The Morgan fingerprint density at radius 1 is 0.808 bits per heavy atom. The minimum atomic E-state index is -4.82. The predicted molar refractivity (Wildman–Crippen MR) is 77.9 cm³/mol. The quantitative estimate of drug-likeness (QED) is 0.198. The fraction of sp³-hybridized carbons (Fsp3) is 1.00. The van der Waals surface area contributed by atoms with Crippen LogP contribution in [0.15, 0.2) is 0 Å². The minimum absolute atomic E-state index is 0.655. The van der Waals surface area contributed by atoms with Crippen molar-refractivity contribution in [3.8, 4) is 0 Å². The molecule has 0 aliphatic carbocycles. The van der Waals surface area contributed by atoms with Crippen molar-refractivity contribution in [2.75, 3.05) is 19.8 Å². The van der Waals surface area contributed by atoms with Crippen molar-refractivity contribution in [2.24, 2.45) is 0 Å². The van der Waals surface area contributed by atoms with Gasteiger partial charge in [-0.2, -0.15) is 8.42 Å². The van der Waals surface area contributed by atoms with Gasteiger partial charge >= 0.3 is 10.4 Å². The Labute approximate surface area is 148 Å². The van der Waals surface area contributed by atoms with Gasteiger partial charge in [-0.25, -0.2) is 4.18 Å². The molecule has 2 saturated heterocycles. The summed E-state index contributed by atoms with van der Waals surface area (Å²) in [5.74, 6) is 0. The maximum atomic E-state index is 10.7. The molecule has 13 nitrogen and oxygen atoms in total. The second-order valence-corrected chi connectivity index (χ2v) is 6.99. The fourth-order valence-corrected chi connectivity index (χ4v) is 3.06. The number of ether oxygens (including phenoxy) is 3. The molecule has 2 heterocycles. The van der Waals surface area contributed by atoms with Gasteiger partial charge < -0.3 is 44.8 Å². The molecule has 0 bridgehead atoms. The Kier molecular flexibility index (Phi) is 7.28. The molecular formula is C12H22O13S. The molecule has 9 atom stereocenters. The third-order valence-electron chi connectivity index (χ3n) is 4.13. The lowest BCUT2D eigenvalue weighted by Gasteiger charge is -2.41. The summed E-state index contributed by atoms with van der Waals surface area (Å²) in [7, 11) is -4.82. The molecule has 26 heavy (non-hydrogen) atoms. The lowest BCUT2D eigenvalue weighted by molar-refractivity contribution is -0.318. The molecule has 0 amide bonds. The van der Waals surface area contributed by atoms with Gasteiger partial charge in [-0.3, -0.25) is 4.55 Å². The smallest absolute Gasteiger partial charge is 0.394 e. The molecule has 2 fully saturated rings. The Morgan fingerprint density at radius 3 is 1.92 bits per heavy atom. The first-order chi connectivity index (χ1) is 12.1. The molecule has 2 rings (SSSR count). The zero-order valence-corrected chi connectivity index (χ0v) is 14.1. The van der Waals surface area contributed by atoms with Gasteiger partial charge in [0.1, 0.15) is 48.8 Å². The molecule has 2 aliphatic heterocycles. The molecule has 0 unspecified atom stereocenters. The van der Waals surface area contributed by atoms with Gasteiger partial charge in [0.25, 0.3) is 0 Å². The highest BCUT2D eigenvalue weighted by Crippen LogP contribution is 2.29. The second kappa shape index (κ2) is 8.68. The van der Waals surface area contributed by atoms with Crippen molar-refractivity contribution in [1.29, 1.82) is 0 Å². The zero-order chi connectivity index (χ0) is 19.6. The molecular weight excluding hydrogens is 384 g/mol. The molecule has 0 aromatic carbocycles. The molecule has 0 radical (unpaired) electrons. The fourth-order valence-electron chi connectivity index (χ4n) is 2.75. The van der Waals surface area contributed by atoms with E-state index in [1.54, 1.807) is 0 Å². The third kappa shape index (κ3) is 4.86. The Hall–Kier alpha value is -0.490. The molecule has 0 aromatic rings. The third-order valence-corrected chi connectivity index (χ3v) is 4.57. The standard InChI is InChI=1S/C12H22O13S/c13-1-4-7(15)9(17)10(18)12(24-4)25-11-6(3-22-26(19,20)21)23-5(2-14)8(11)16/h4-18H,1-3H2,(H,19,20,21)/t4-,5-,6-,7+,8-,9+,10-,11-,12+/m1/s1. The average molecular weight is 406 g/mol. The molecule has 0 saturated carbocycles. The zero-order valence-electron chi connectivity index (χ0n) is 13.3. The van der Waals surface area contributed by atoms with Crippen LogP contribution in [0.5, 0.6) is 0 Å². The van der Waals surface area contributed by atoms with Crippen LogP contribution >= 0.6 is 0 Å². The van der Waals surface area contributed by atoms with Crippen molar-refractivity contribution in [2.45, 2.75) is 55.1 Å². The molecule has 0 spiro atoms. The van der Waals surface area contributed by atoms with Gasteiger partial charge in [0, 0.05) is 0 Å². The van der Waals surface area contributed by atoms with E-state index in [9.17, 15) is 34.0 Å². The van der Waals surface area contributed by atoms with Crippen LogP contribution in [0.3, 0.4) is 0 Å². The molecule has 0 aromatic heterocycles. The van der Waals surface area contributed by atoms with E-state index in [2.05, 4.69) is 4.18 Å². The lowest BCUT2D eigenvalue weighted by atomic mass is 9.99. The van der Waals surface area contributed by atoms with Crippen molar-refractivity contribution < 1.29 is 62.0 Å². The number of rotatable bonds is 7. The normalized spacial score (nSPS) is 44.3. The van der Waals surface area contributed by atoms with Crippen LogP contribution in [-0.2, 0) is 28.8 Å². The van der Waals surface area contributed by atoms with Crippen LogP contribution in [0.1, 0.15) is 0 Å². The van der Waals surface area contributed by atoms with Crippen LogP contribution in [0.4, 0.5) is 0 Å². The van der Waals surface area contributed by atoms with Gasteiger partial charge in [-0.15, -0.1) is 0 Å². The highest BCUT2D eigenvalue weighted by molar-refractivity contribution is 7.80. The van der Waals surface area contributed by atoms with Crippen LogP contribution in [0, 0.1) is 0 Å². The molecule has 7 N–H and O–H groups in total. The summed E-state index contributed by atoms with van der Waals surface area (Å²) in [6, 6.07) is 0. The van der Waals surface area contributed by atoms with E-state index in [0.717, 1.165) is 0 Å². The Balaban J connectivity index is 2.12. The van der Waals surface area contributed by atoms with E-state index in [0.29, 0.717) is 0 Å². The van der Waals surface area contributed by atoms with E-state index >= 15 is 0 Å². The van der Waals surface area contributed by atoms with Gasteiger partial charge in [0.05, 0.1) is 19.8 Å². The highest BCUT2D eigenvalue weighted by Gasteiger charge is 2.50. The summed E-state index contributed by atoms with van der Waals surface area (Å²) in [6.45, 7) is -2.14. The number of hydrogen-bond acceptors (Lipinski definition) is 12. The monoisotopic (exact) mass is 406 g/mol. The van der Waals surface area contributed by atoms with Gasteiger partial charge in [-0.1, -0.05) is 0 Å². The Morgan fingerprint density at radius 2 is 1.38 bits per heavy atom. The summed E-state index contributed by atoms with van der Waals surface area (Å²) in [5, 5.41) is 57.9. The second-order valence-electron chi connectivity index (χ2n) is 5.90. The maximum absolute atomic E-state index is 10.7. The van der Waals surface area contributed by atoms with E-state index in [1.165, 1.54) is 0 Å². The van der Waals surface area contributed by atoms with Gasteiger partial charge in [-0.05, 0) is 0 Å². The first-order valence-electron chi connectivity index (χ1n) is 7.61. The highest BCUT2D eigenvalue weighted by atomic mass is 32.3. The molecule has 154 valence electrons. The van der Waals surface area contributed by atoms with E-state index in [-0.39, 0.29) is 0 Å². The average Bonchev–Trinajstić information content (AvgIpc) is 2.88. The van der Waals surface area contributed by atoms with Crippen LogP contribution < -0.4 is 0 Å². The maximum Gasteiger partial charge on any atom is 0.397 e. The van der Waals surface area contributed by atoms with E-state index in [4.69, 9.17) is 23.9 Å².